The highest BCUT2D eigenvalue weighted by Crippen LogP contribution is 2.29. The molecule has 0 bridgehead atoms. The van der Waals surface area contributed by atoms with Gasteiger partial charge in [-0.2, -0.15) is 0 Å². The predicted octanol–water partition coefficient (Wildman–Crippen LogP) is 2.98. The third-order valence-electron chi connectivity index (χ3n) is 3.40. The minimum atomic E-state index is -0.920. The van der Waals surface area contributed by atoms with Gasteiger partial charge in [0.25, 0.3) is 0 Å². The first-order valence-electron chi connectivity index (χ1n) is 6.62. The molecule has 0 saturated heterocycles. The Balaban J connectivity index is 2.00. The van der Waals surface area contributed by atoms with E-state index >= 15 is 0 Å². The van der Waals surface area contributed by atoms with E-state index in [1.807, 2.05) is 0 Å². The van der Waals surface area contributed by atoms with Gasteiger partial charge >= 0.3 is 5.97 Å². The predicted molar refractivity (Wildman–Crippen MR) is 84.6 cm³/mol. The van der Waals surface area contributed by atoms with Gasteiger partial charge in [0, 0.05) is 10.5 Å². The average Bonchev–Trinajstić information content (AvgIpc) is 3.23. The van der Waals surface area contributed by atoms with Gasteiger partial charge in [-0.05, 0) is 38.0 Å². The summed E-state index contributed by atoms with van der Waals surface area (Å²) in [5.41, 5.74) is 0.517. The topological polar surface area (TPSA) is 69.6 Å². The van der Waals surface area contributed by atoms with Gasteiger partial charge in [0.1, 0.15) is 6.04 Å². The van der Waals surface area contributed by atoms with Crippen LogP contribution in [0.3, 0.4) is 0 Å². The molecule has 0 aromatic heterocycles. The largest absolute Gasteiger partial charge is 0.480 e. The van der Waals surface area contributed by atoms with Crippen LogP contribution in [0.1, 0.15) is 19.8 Å². The Morgan fingerprint density at radius 2 is 2.19 bits per heavy atom. The van der Waals surface area contributed by atoms with Crippen LogP contribution < -0.4 is 5.32 Å². The number of rotatable bonds is 6. The number of anilines is 1. The molecule has 1 fully saturated rings. The smallest absolute Gasteiger partial charge is 0.320 e. The number of halogens is 2. The number of amides is 1. The van der Waals surface area contributed by atoms with E-state index in [0.29, 0.717) is 10.7 Å². The first-order chi connectivity index (χ1) is 9.88. The molecular weight excluding hydrogens is 360 g/mol. The van der Waals surface area contributed by atoms with Crippen LogP contribution in [0.4, 0.5) is 5.69 Å². The van der Waals surface area contributed by atoms with Gasteiger partial charge in [-0.1, -0.05) is 27.5 Å². The second kappa shape index (κ2) is 6.77. The van der Waals surface area contributed by atoms with Crippen LogP contribution in [-0.2, 0) is 9.59 Å². The van der Waals surface area contributed by atoms with Crippen molar-refractivity contribution >= 4 is 45.1 Å². The highest BCUT2D eigenvalue weighted by molar-refractivity contribution is 9.10. The van der Waals surface area contributed by atoms with Crippen molar-refractivity contribution in [3.63, 3.8) is 0 Å². The molecule has 1 aromatic carbocycles. The van der Waals surface area contributed by atoms with Crippen molar-refractivity contribution in [2.45, 2.75) is 31.8 Å². The molecule has 1 amide bonds. The number of carboxylic acid groups (broad SMARTS) is 1. The molecule has 1 saturated carbocycles. The summed E-state index contributed by atoms with van der Waals surface area (Å²) in [5, 5.41) is 12.3. The van der Waals surface area contributed by atoms with Gasteiger partial charge in [-0.25, -0.2) is 0 Å². The fraction of sp³-hybridized carbons (Fsp3) is 0.429. The Morgan fingerprint density at radius 1 is 1.52 bits per heavy atom. The number of hydrogen-bond acceptors (Lipinski definition) is 3. The summed E-state index contributed by atoms with van der Waals surface area (Å²) >= 11 is 9.34. The first kappa shape index (κ1) is 16.3. The SMILES string of the molecule is CC(C(=O)O)N(CC(=O)Nc1ccc(Br)cc1Cl)C1CC1. The quantitative estimate of drug-likeness (QED) is 0.802. The molecule has 0 radical (unpaired) electrons. The van der Waals surface area contributed by atoms with E-state index in [4.69, 9.17) is 16.7 Å². The second-order valence-corrected chi connectivity index (χ2v) is 6.41. The van der Waals surface area contributed by atoms with Crippen molar-refractivity contribution in [2.24, 2.45) is 0 Å². The Hall–Kier alpha value is -1.11. The van der Waals surface area contributed by atoms with Gasteiger partial charge in [0.05, 0.1) is 17.3 Å². The molecule has 1 aromatic rings. The number of aliphatic carboxylic acids is 1. The van der Waals surface area contributed by atoms with E-state index in [1.165, 1.54) is 0 Å². The van der Waals surface area contributed by atoms with E-state index in [1.54, 1.807) is 30.0 Å². The molecule has 2 rings (SSSR count). The fourth-order valence-corrected chi connectivity index (χ4v) is 2.80. The number of nitrogens with zero attached hydrogens (tertiary/aromatic N) is 1. The summed E-state index contributed by atoms with van der Waals surface area (Å²) in [6, 6.07) is 4.67. The number of carbonyl (C=O) groups excluding carboxylic acids is 1. The third kappa shape index (κ3) is 4.43. The summed E-state index contributed by atoms with van der Waals surface area (Å²) in [7, 11) is 0. The van der Waals surface area contributed by atoms with E-state index in [9.17, 15) is 9.59 Å². The molecule has 1 unspecified atom stereocenters. The van der Waals surface area contributed by atoms with Crippen molar-refractivity contribution in [3.05, 3.63) is 27.7 Å². The summed E-state index contributed by atoms with van der Waals surface area (Å²) in [4.78, 5) is 24.9. The highest BCUT2D eigenvalue weighted by atomic mass is 79.9. The fourth-order valence-electron chi connectivity index (χ4n) is 2.08. The summed E-state index contributed by atoms with van der Waals surface area (Å²) < 4.78 is 0.824. The van der Waals surface area contributed by atoms with Gasteiger partial charge in [0.2, 0.25) is 5.91 Å². The minimum absolute atomic E-state index is 0.0462. The number of carbonyl (C=O) groups is 2. The minimum Gasteiger partial charge on any atom is -0.480 e. The average molecular weight is 376 g/mol. The van der Waals surface area contributed by atoms with E-state index in [-0.39, 0.29) is 18.5 Å². The van der Waals surface area contributed by atoms with E-state index < -0.39 is 12.0 Å². The number of nitrogens with one attached hydrogen (secondary N) is 1. The molecule has 1 atom stereocenters. The van der Waals surface area contributed by atoms with Gasteiger partial charge in [0.15, 0.2) is 0 Å². The van der Waals surface area contributed by atoms with Gasteiger partial charge in [-0.15, -0.1) is 0 Å². The molecule has 0 spiro atoms. The van der Waals surface area contributed by atoms with E-state index in [0.717, 1.165) is 17.3 Å². The molecule has 2 N–H and O–H groups in total. The molecule has 7 heteroatoms. The Labute approximate surface area is 136 Å². The summed E-state index contributed by atoms with van der Waals surface area (Å²) in [6.45, 7) is 1.64. The highest BCUT2D eigenvalue weighted by Gasteiger charge is 2.36. The van der Waals surface area contributed by atoms with Crippen LogP contribution in [0.5, 0.6) is 0 Å². The normalized spacial score (nSPS) is 15.8. The molecular formula is C14H16BrClN2O3. The van der Waals surface area contributed by atoms with Crippen molar-refractivity contribution in [2.75, 3.05) is 11.9 Å². The van der Waals surface area contributed by atoms with Gasteiger partial charge < -0.3 is 10.4 Å². The number of carboxylic acids is 1. The van der Waals surface area contributed by atoms with Gasteiger partial charge in [-0.3, -0.25) is 14.5 Å². The van der Waals surface area contributed by atoms with Crippen LogP contribution in [0.2, 0.25) is 5.02 Å². The van der Waals surface area contributed by atoms with Crippen molar-refractivity contribution in [1.29, 1.82) is 0 Å². The van der Waals surface area contributed by atoms with Crippen LogP contribution in [0, 0.1) is 0 Å². The molecule has 0 aliphatic heterocycles. The lowest BCUT2D eigenvalue weighted by molar-refractivity contribution is -0.143. The van der Waals surface area contributed by atoms with Crippen molar-refractivity contribution in [3.8, 4) is 0 Å². The van der Waals surface area contributed by atoms with Crippen LogP contribution in [-0.4, -0.2) is 40.5 Å². The molecule has 114 valence electrons. The molecule has 5 nitrogen and oxygen atoms in total. The molecule has 0 heterocycles. The summed E-state index contributed by atoms with van der Waals surface area (Å²) in [5.74, 6) is -1.18. The third-order valence-corrected chi connectivity index (χ3v) is 4.21. The monoisotopic (exact) mass is 374 g/mol. The summed E-state index contributed by atoms with van der Waals surface area (Å²) in [6.07, 6.45) is 1.87. The first-order valence-corrected chi connectivity index (χ1v) is 7.79. The zero-order valence-electron chi connectivity index (χ0n) is 11.5. The van der Waals surface area contributed by atoms with Crippen molar-refractivity contribution in [1.82, 2.24) is 4.90 Å². The number of benzene rings is 1. The molecule has 21 heavy (non-hydrogen) atoms. The van der Waals surface area contributed by atoms with E-state index in [2.05, 4.69) is 21.2 Å². The lowest BCUT2D eigenvalue weighted by atomic mass is 10.2. The maximum atomic E-state index is 12.1. The maximum Gasteiger partial charge on any atom is 0.320 e. The zero-order chi connectivity index (χ0) is 15.6. The van der Waals surface area contributed by atoms with Crippen molar-refractivity contribution < 1.29 is 14.7 Å². The standard InChI is InChI=1S/C14H16BrClN2O3/c1-8(14(20)21)18(10-3-4-10)7-13(19)17-12-5-2-9(15)6-11(12)16/h2,5-6,8,10H,3-4,7H2,1H3,(H,17,19)(H,20,21). The maximum absolute atomic E-state index is 12.1. The van der Waals surface area contributed by atoms with Crippen LogP contribution in [0.25, 0.3) is 0 Å². The molecule has 1 aliphatic rings. The lowest BCUT2D eigenvalue weighted by Crippen LogP contribution is -2.44. The zero-order valence-corrected chi connectivity index (χ0v) is 13.8. The van der Waals surface area contributed by atoms with Crippen LogP contribution in [0.15, 0.2) is 22.7 Å². The Kier molecular flexibility index (Phi) is 5.24. The molecule has 1 aliphatic carbocycles. The Morgan fingerprint density at radius 3 is 2.71 bits per heavy atom. The number of hydrogen-bond donors (Lipinski definition) is 2. The second-order valence-electron chi connectivity index (χ2n) is 5.09. The van der Waals surface area contributed by atoms with Crippen LogP contribution >= 0.6 is 27.5 Å². The lowest BCUT2D eigenvalue weighted by Gasteiger charge is -2.25. The Bertz CT molecular complexity index is 563.